The average Bonchev–Trinajstić information content (AvgIpc) is 2.45. The molecule has 0 spiro atoms. The van der Waals surface area contributed by atoms with Crippen molar-refractivity contribution in [3.05, 3.63) is 70.0 Å². The molecule has 0 radical (unpaired) electrons. The van der Waals surface area contributed by atoms with Crippen LogP contribution in [0.25, 0.3) is 11.0 Å². The van der Waals surface area contributed by atoms with E-state index in [0.717, 1.165) is 5.39 Å². The molecule has 0 N–H and O–H groups in total. The zero-order valence-corrected chi connectivity index (χ0v) is 11.0. The summed E-state index contributed by atoms with van der Waals surface area (Å²) in [5, 5.41) is 9.66. The lowest BCUT2D eigenvalue weighted by Crippen LogP contribution is -1.93. The van der Waals surface area contributed by atoms with Gasteiger partial charge in [0.25, 0.3) is 0 Å². The number of halogens is 1. The predicted octanol–water partition coefficient (Wildman–Crippen LogP) is 4.86. The summed E-state index contributed by atoms with van der Waals surface area (Å²) in [5.41, 5.74) is 1.51. The Bertz CT molecular complexity index is 856. The molecule has 0 aliphatic heterocycles. The van der Waals surface area contributed by atoms with Gasteiger partial charge in [-0.3, -0.25) is 0 Å². The number of benzene rings is 2. The second kappa shape index (κ2) is 5.27. The van der Waals surface area contributed by atoms with E-state index in [-0.39, 0.29) is 5.63 Å². The van der Waals surface area contributed by atoms with E-state index in [2.05, 4.69) is 10.2 Å². The zero-order chi connectivity index (χ0) is 13.9. The predicted molar refractivity (Wildman–Crippen MR) is 78.1 cm³/mol. The largest absolute Gasteiger partial charge is 0.423 e. The van der Waals surface area contributed by atoms with Crippen molar-refractivity contribution in [2.24, 2.45) is 10.2 Å². The summed E-state index contributed by atoms with van der Waals surface area (Å²) in [6.07, 6.45) is 0. The Balaban J connectivity index is 1.95. The van der Waals surface area contributed by atoms with E-state index < -0.39 is 0 Å². The highest BCUT2D eigenvalue weighted by molar-refractivity contribution is 6.30. The third-order valence-electron chi connectivity index (χ3n) is 2.69. The fraction of sp³-hybridized carbons (Fsp3) is 0. The third kappa shape index (κ3) is 2.75. The molecule has 98 valence electrons. The van der Waals surface area contributed by atoms with Gasteiger partial charge in [0, 0.05) is 16.5 Å². The molecular formula is C15H9ClN2O2. The van der Waals surface area contributed by atoms with Crippen LogP contribution < -0.4 is 5.63 Å². The summed E-state index contributed by atoms with van der Waals surface area (Å²) in [5.74, 6) is 0. The molecule has 0 saturated carbocycles. The van der Waals surface area contributed by atoms with Crippen LogP contribution in [0.2, 0.25) is 5.02 Å². The van der Waals surface area contributed by atoms with Crippen LogP contribution in [0, 0.1) is 0 Å². The van der Waals surface area contributed by atoms with Gasteiger partial charge >= 0.3 is 5.63 Å². The maximum absolute atomic E-state index is 11.1. The maximum Gasteiger partial charge on any atom is 0.336 e. The molecule has 5 heteroatoms. The van der Waals surface area contributed by atoms with Crippen molar-refractivity contribution in [2.45, 2.75) is 0 Å². The van der Waals surface area contributed by atoms with E-state index in [9.17, 15) is 4.79 Å². The summed E-state index contributed by atoms with van der Waals surface area (Å²) in [4.78, 5) is 11.1. The first-order chi connectivity index (χ1) is 9.70. The minimum absolute atomic E-state index is 0.370. The van der Waals surface area contributed by atoms with Crippen LogP contribution >= 0.6 is 11.6 Å². The second-order valence-electron chi connectivity index (χ2n) is 4.16. The Labute approximate surface area is 119 Å². The van der Waals surface area contributed by atoms with Crippen LogP contribution in [0.3, 0.4) is 0 Å². The molecule has 1 aromatic heterocycles. The zero-order valence-electron chi connectivity index (χ0n) is 10.3. The molecule has 20 heavy (non-hydrogen) atoms. The van der Waals surface area contributed by atoms with Gasteiger partial charge in [0.2, 0.25) is 0 Å². The molecule has 0 unspecified atom stereocenters. The molecule has 0 fully saturated rings. The first-order valence-electron chi connectivity index (χ1n) is 5.92. The molecule has 0 amide bonds. The highest BCUT2D eigenvalue weighted by Crippen LogP contribution is 2.23. The van der Waals surface area contributed by atoms with Crippen LogP contribution in [0.1, 0.15) is 0 Å². The maximum atomic E-state index is 11.1. The normalized spacial score (nSPS) is 11.2. The van der Waals surface area contributed by atoms with Gasteiger partial charge in [-0.1, -0.05) is 17.7 Å². The minimum atomic E-state index is -0.370. The van der Waals surface area contributed by atoms with E-state index in [0.29, 0.717) is 22.0 Å². The highest BCUT2D eigenvalue weighted by atomic mass is 35.5. The second-order valence-corrected chi connectivity index (χ2v) is 4.59. The molecule has 3 rings (SSSR count). The van der Waals surface area contributed by atoms with Gasteiger partial charge in [-0.2, -0.15) is 10.2 Å². The molecule has 0 bridgehead atoms. The molecule has 4 nitrogen and oxygen atoms in total. The van der Waals surface area contributed by atoms with Crippen molar-refractivity contribution in [2.75, 3.05) is 0 Å². The fourth-order valence-electron chi connectivity index (χ4n) is 1.78. The van der Waals surface area contributed by atoms with E-state index in [1.54, 1.807) is 36.4 Å². The monoisotopic (exact) mass is 284 g/mol. The van der Waals surface area contributed by atoms with Crippen molar-refractivity contribution < 1.29 is 4.42 Å². The Hall–Kier alpha value is -2.46. The van der Waals surface area contributed by atoms with E-state index >= 15 is 0 Å². The van der Waals surface area contributed by atoms with E-state index in [4.69, 9.17) is 16.0 Å². The highest BCUT2D eigenvalue weighted by Gasteiger charge is 1.98. The van der Waals surface area contributed by atoms with Gasteiger partial charge in [-0.05, 0) is 42.5 Å². The van der Waals surface area contributed by atoms with Crippen molar-refractivity contribution >= 4 is 33.9 Å². The van der Waals surface area contributed by atoms with Gasteiger partial charge < -0.3 is 4.42 Å². The number of fused-ring (bicyclic) bond motifs is 1. The molecule has 0 atom stereocenters. The standard InChI is InChI=1S/C15H9ClN2O2/c16-11-2-1-3-12(9-11)17-18-13-5-6-14-10(8-13)4-7-15(19)20-14/h1-9H. The molecule has 2 aromatic carbocycles. The smallest absolute Gasteiger partial charge is 0.336 e. The van der Waals surface area contributed by atoms with E-state index in [1.165, 1.54) is 6.07 Å². The topological polar surface area (TPSA) is 54.9 Å². The van der Waals surface area contributed by atoms with Crippen LogP contribution in [-0.2, 0) is 0 Å². The first kappa shape index (κ1) is 12.6. The quantitative estimate of drug-likeness (QED) is 0.498. The Morgan fingerprint density at radius 1 is 0.900 bits per heavy atom. The first-order valence-corrected chi connectivity index (χ1v) is 6.30. The summed E-state index contributed by atoms with van der Waals surface area (Å²) in [6.45, 7) is 0. The summed E-state index contributed by atoms with van der Waals surface area (Å²) in [7, 11) is 0. The number of hydrogen-bond donors (Lipinski definition) is 0. The number of hydrogen-bond acceptors (Lipinski definition) is 4. The molecule has 1 heterocycles. The summed E-state index contributed by atoms with van der Waals surface area (Å²) in [6, 6.07) is 15.4. The molecule has 0 saturated heterocycles. The molecule has 0 aliphatic carbocycles. The fourth-order valence-corrected chi connectivity index (χ4v) is 1.96. The van der Waals surface area contributed by atoms with Gasteiger partial charge in [0.05, 0.1) is 11.4 Å². The third-order valence-corrected chi connectivity index (χ3v) is 2.93. The van der Waals surface area contributed by atoms with Gasteiger partial charge in [-0.25, -0.2) is 4.79 Å². The lowest BCUT2D eigenvalue weighted by Gasteiger charge is -1.97. The van der Waals surface area contributed by atoms with Crippen LogP contribution in [-0.4, -0.2) is 0 Å². The van der Waals surface area contributed by atoms with Crippen molar-refractivity contribution in [3.63, 3.8) is 0 Å². The summed E-state index contributed by atoms with van der Waals surface area (Å²) < 4.78 is 5.05. The molecular weight excluding hydrogens is 276 g/mol. The lowest BCUT2D eigenvalue weighted by atomic mass is 10.2. The minimum Gasteiger partial charge on any atom is -0.423 e. The lowest BCUT2D eigenvalue weighted by molar-refractivity contribution is 0.561. The molecule has 0 aliphatic rings. The Morgan fingerprint density at radius 2 is 1.70 bits per heavy atom. The molecule has 3 aromatic rings. The number of rotatable bonds is 2. The van der Waals surface area contributed by atoms with Gasteiger partial charge in [-0.15, -0.1) is 0 Å². The van der Waals surface area contributed by atoms with Crippen LogP contribution in [0.4, 0.5) is 11.4 Å². The summed E-state index contributed by atoms with van der Waals surface area (Å²) >= 11 is 5.88. The van der Waals surface area contributed by atoms with Crippen LogP contribution in [0.15, 0.2) is 74.0 Å². The van der Waals surface area contributed by atoms with Crippen molar-refractivity contribution in [3.8, 4) is 0 Å². The van der Waals surface area contributed by atoms with E-state index in [1.807, 2.05) is 12.1 Å². The van der Waals surface area contributed by atoms with Crippen molar-refractivity contribution in [1.82, 2.24) is 0 Å². The van der Waals surface area contributed by atoms with Gasteiger partial charge in [0.1, 0.15) is 5.58 Å². The number of nitrogens with zero attached hydrogens (tertiary/aromatic N) is 2. The van der Waals surface area contributed by atoms with Crippen LogP contribution in [0.5, 0.6) is 0 Å². The SMILES string of the molecule is O=c1ccc2cc(N=Nc3cccc(Cl)c3)ccc2o1. The Morgan fingerprint density at radius 3 is 2.50 bits per heavy atom. The van der Waals surface area contributed by atoms with Crippen molar-refractivity contribution in [1.29, 1.82) is 0 Å². The van der Waals surface area contributed by atoms with Gasteiger partial charge in [0.15, 0.2) is 0 Å². The Kier molecular flexibility index (Phi) is 3.31. The average molecular weight is 285 g/mol. The number of azo groups is 1.